The molecular formula is C13H12FIN2. The molecule has 2 aromatic carbocycles. The van der Waals surface area contributed by atoms with Crippen molar-refractivity contribution < 1.29 is 4.39 Å². The van der Waals surface area contributed by atoms with E-state index in [2.05, 4.69) is 27.9 Å². The Hall–Kier alpha value is -1.30. The summed E-state index contributed by atoms with van der Waals surface area (Å²) in [6.45, 7) is 1.93. The van der Waals surface area contributed by atoms with Gasteiger partial charge in [0.25, 0.3) is 0 Å². The van der Waals surface area contributed by atoms with Crippen molar-refractivity contribution in [3.8, 4) is 0 Å². The zero-order chi connectivity index (χ0) is 12.4. The molecule has 3 N–H and O–H groups in total. The van der Waals surface area contributed by atoms with Crippen molar-refractivity contribution in [2.75, 3.05) is 11.1 Å². The van der Waals surface area contributed by atoms with Crippen LogP contribution in [0.25, 0.3) is 0 Å². The molecule has 0 radical (unpaired) electrons. The third-order valence-electron chi connectivity index (χ3n) is 2.38. The number of rotatable bonds is 2. The minimum atomic E-state index is -0.261. The number of aryl methyl sites for hydroxylation is 1. The number of hydrogen-bond acceptors (Lipinski definition) is 2. The summed E-state index contributed by atoms with van der Waals surface area (Å²) in [5.74, 6) is -0.261. The van der Waals surface area contributed by atoms with Crippen LogP contribution in [-0.2, 0) is 0 Å². The smallest absolute Gasteiger partial charge is 0.146 e. The standard InChI is InChI=1S/C13H12FIN2/c1-8-2-4-10(14)13(6-8)17-12-5-3-9(16)7-11(12)15/h2-7,17H,16H2,1H3. The molecule has 4 heteroatoms. The third kappa shape index (κ3) is 2.88. The Bertz CT molecular complexity index is 555. The molecule has 0 unspecified atom stereocenters. The highest BCUT2D eigenvalue weighted by Crippen LogP contribution is 2.26. The van der Waals surface area contributed by atoms with Crippen molar-refractivity contribution in [1.29, 1.82) is 0 Å². The van der Waals surface area contributed by atoms with Gasteiger partial charge in [-0.3, -0.25) is 0 Å². The average molecular weight is 342 g/mol. The average Bonchev–Trinajstić information content (AvgIpc) is 2.27. The molecule has 0 aromatic heterocycles. The number of halogens is 2. The molecular weight excluding hydrogens is 330 g/mol. The Labute approximate surface area is 113 Å². The minimum absolute atomic E-state index is 0.261. The first-order chi connectivity index (χ1) is 8.06. The summed E-state index contributed by atoms with van der Waals surface area (Å²) in [5, 5.41) is 3.07. The Kier molecular flexibility index (Phi) is 3.51. The van der Waals surface area contributed by atoms with E-state index in [9.17, 15) is 4.39 Å². The normalized spacial score (nSPS) is 10.3. The van der Waals surface area contributed by atoms with Gasteiger partial charge in [-0.05, 0) is 65.4 Å². The highest BCUT2D eigenvalue weighted by atomic mass is 127. The summed E-state index contributed by atoms with van der Waals surface area (Å²) in [5.41, 5.74) is 8.71. The summed E-state index contributed by atoms with van der Waals surface area (Å²) in [4.78, 5) is 0. The Morgan fingerprint density at radius 3 is 2.59 bits per heavy atom. The van der Waals surface area contributed by atoms with E-state index in [4.69, 9.17) is 5.73 Å². The molecule has 0 aliphatic carbocycles. The molecule has 0 saturated carbocycles. The van der Waals surface area contributed by atoms with Crippen LogP contribution in [0, 0.1) is 16.3 Å². The number of nitrogens with two attached hydrogens (primary N) is 1. The van der Waals surface area contributed by atoms with E-state index in [-0.39, 0.29) is 5.82 Å². The molecule has 2 rings (SSSR count). The first kappa shape index (κ1) is 12.2. The van der Waals surface area contributed by atoms with E-state index in [1.807, 2.05) is 19.1 Å². The molecule has 0 aliphatic rings. The molecule has 0 amide bonds. The second-order valence-corrected chi connectivity index (χ2v) is 5.01. The molecule has 17 heavy (non-hydrogen) atoms. The van der Waals surface area contributed by atoms with Gasteiger partial charge in [0, 0.05) is 9.26 Å². The minimum Gasteiger partial charge on any atom is -0.399 e. The molecule has 0 bridgehead atoms. The van der Waals surface area contributed by atoms with E-state index < -0.39 is 0 Å². The van der Waals surface area contributed by atoms with Gasteiger partial charge in [0.05, 0.1) is 11.4 Å². The summed E-state index contributed by atoms with van der Waals surface area (Å²) in [6.07, 6.45) is 0. The summed E-state index contributed by atoms with van der Waals surface area (Å²) in [7, 11) is 0. The van der Waals surface area contributed by atoms with E-state index in [0.29, 0.717) is 11.4 Å². The lowest BCUT2D eigenvalue weighted by molar-refractivity contribution is 0.631. The van der Waals surface area contributed by atoms with Crippen LogP contribution in [0.3, 0.4) is 0 Å². The largest absolute Gasteiger partial charge is 0.399 e. The second kappa shape index (κ2) is 4.91. The van der Waals surface area contributed by atoms with Crippen LogP contribution in [0.2, 0.25) is 0 Å². The van der Waals surface area contributed by atoms with Gasteiger partial charge in [0.2, 0.25) is 0 Å². The molecule has 0 aliphatic heterocycles. The Morgan fingerprint density at radius 2 is 1.88 bits per heavy atom. The number of hydrogen-bond donors (Lipinski definition) is 2. The fourth-order valence-corrected chi connectivity index (χ4v) is 2.19. The molecule has 0 fully saturated rings. The predicted octanol–water partition coefficient (Wildman–Crippen LogP) is 4.06. The summed E-state index contributed by atoms with van der Waals surface area (Å²) >= 11 is 2.17. The quantitative estimate of drug-likeness (QED) is 0.638. The molecule has 2 nitrogen and oxygen atoms in total. The maximum atomic E-state index is 13.6. The number of nitrogen functional groups attached to an aromatic ring is 1. The lowest BCUT2D eigenvalue weighted by atomic mass is 10.2. The molecule has 2 aromatic rings. The van der Waals surface area contributed by atoms with E-state index in [1.165, 1.54) is 6.07 Å². The fourth-order valence-electron chi connectivity index (χ4n) is 1.51. The first-order valence-corrected chi connectivity index (χ1v) is 6.22. The monoisotopic (exact) mass is 342 g/mol. The first-order valence-electron chi connectivity index (χ1n) is 5.14. The van der Waals surface area contributed by atoms with Gasteiger partial charge in [-0.1, -0.05) is 6.07 Å². The van der Waals surface area contributed by atoms with Crippen LogP contribution in [0.4, 0.5) is 21.5 Å². The van der Waals surface area contributed by atoms with Gasteiger partial charge in [-0.15, -0.1) is 0 Å². The Balaban J connectivity index is 2.34. The zero-order valence-corrected chi connectivity index (χ0v) is 11.5. The fraction of sp³-hybridized carbons (Fsp3) is 0.0769. The Morgan fingerprint density at radius 1 is 1.12 bits per heavy atom. The van der Waals surface area contributed by atoms with Crippen LogP contribution < -0.4 is 11.1 Å². The topological polar surface area (TPSA) is 38.0 Å². The van der Waals surface area contributed by atoms with E-state index in [0.717, 1.165) is 14.8 Å². The van der Waals surface area contributed by atoms with Gasteiger partial charge < -0.3 is 11.1 Å². The van der Waals surface area contributed by atoms with Crippen LogP contribution >= 0.6 is 22.6 Å². The third-order valence-corrected chi connectivity index (χ3v) is 3.28. The number of anilines is 3. The van der Waals surface area contributed by atoms with Gasteiger partial charge in [-0.2, -0.15) is 0 Å². The van der Waals surface area contributed by atoms with Crippen molar-refractivity contribution in [1.82, 2.24) is 0 Å². The number of benzene rings is 2. The molecule has 0 heterocycles. The number of nitrogens with one attached hydrogen (secondary N) is 1. The van der Waals surface area contributed by atoms with Crippen LogP contribution in [0.5, 0.6) is 0 Å². The summed E-state index contributed by atoms with van der Waals surface area (Å²) < 4.78 is 14.5. The van der Waals surface area contributed by atoms with E-state index in [1.54, 1.807) is 18.2 Å². The van der Waals surface area contributed by atoms with Gasteiger partial charge in [0.1, 0.15) is 5.82 Å². The lowest BCUT2D eigenvalue weighted by Gasteiger charge is -2.10. The maximum Gasteiger partial charge on any atom is 0.146 e. The van der Waals surface area contributed by atoms with Gasteiger partial charge in [0.15, 0.2) is 0 Å². The van der Waals surface area contributed by atoms with Gasteiger partial charge >= 0.3 is 0 Å². The van der Waals surface area contributed by atoms with Crippen LogP contribution in [0.1, 0.15) is 5.56 Å². The van der Waals surface area contributed by atoms with Gasteiger partial charge in [-0.25, -0.2) is 4.39 Å². The zero-order valence-electron chi connectivity index (χ0n) is 9.30. The molecule has 0 atom stereocenters. The van der Waals surface area contributed by atoms with Crippen molar-refractivity contribution in [2.45, 2.75) is 6.92 Å². The van der Waals surface area contributed by atoms with Crippen molar-refractivity contribution in [3.63, 3.8) is 0 Å². The second-order valence-electron chi connectivity index (χ2n) is 3.85. The molecule has 0 saturated heterocycles. The highest BCUT2D eigenvalue weighted by Gasteiger charge is 2.05. The molecule has 0 spiro atoms. The SMILES string of the molecule is Cc1ccc(F)c(Nc2ccc(N)cc2I)c1. The van der Waals surface area contributed by atoms with Crippen molar-refractivity contribution in [2.24, 2.45) is 0 Å². The van der Waals surface area contributed by atoms with Crippen LogP contribution in [-0.4, -0.2) is 0 Å². The maximum absolute atomic E-state index is 13.6. The van der Waals surface area contributed by atoms with Crippen molar-refractivity contribution >= 4 is 39.7 Å². The predicted molar refractivity (Wildman–Crippen MR) is 78.0 cm³/mol. The van der Waals surface area contributed by atoms with Crippen LogP contribution in [0.15, 0.2) is 36.4 Å². The lowest BCUT2D eigenvalue weighted by Crippen LogP contribution is -1.97. The molecule has 88 valence electrons. The summed E-state index contributed by atoms with van der Waals surface area (Å²) in [6, 6.07) is 10.5. The van der Waals surface area contributed by atoms with Crippen molar-refractivity contribution in [3.05, 3.63) is 51.3 Å². The van der Waals surface area contributed by atoms with E-state index >= 15 is 0 Å². The highest BCUT2D eigenvalue weighted by molar-refractivity contribution is 14.1.